The van der Waals surface area contributed by atoms with Crippen LogP contribution in [0.1, 0.15) is 35.2 Å². The number of halogens is 1. The van der Waals surface area contributed by atoms with Gasteiger partial charge in [0.15, 0.2) is 0 Å². The SMILES string of the molecule is O=C(O)c1ccc(CNC2C3C4CCC(C4)C23)cc1F. The van der Waals surface area contributed by atoms with Crippen molar-refractivity contribution in [1.82, 2.24) is 5.32 Å². The smallest absolute Gasteiger partial charge is 0.338 e. The van der Waals surface area contributed by atoms with Gasteiger partial charge in [-0.15, -0.1) is 0 Å². The molecule has 2 N–H and O–H groups in total. The lowest BCUT2D eigenvalue weighted by Gasteiger charge is -2.11. The molecule has 3 nitrogen and oxygen atoms in total. The van der Waals surface area contributed by atoms with E-state index in [1.165, 1.54) is 31.4 Å². The zero-order valence-electron chi connectivity index (χ0n) is 11.2. The van der Waals surface area contributed by atoms with Crippen LogP contribution in [0.15, 0.2) is 18.2 Å². The van der Waals surface area contributed by atoms with E-state index >= 15 is 0 Å². The second-order valence-electron chi connectivity index (χ2n) is 6.51. The molecule has 0 radical (unpaired) electrons. The van der Waals surface area contributed by atoms with Gasteiger partial charge in [0.25, 0.3) is 0 Å². The van der Waals surface area contributed by atoms with Gasteiger partial charge in [0.05, 0.1) is 5.56 Å². The lowest BCUT2D eigenvalue weighted by molar-refractivity contribution is 0.0692. The molecule has 2 bridgehead atoms. The topological polar surface area (TPSA) is 49.3 Å². The average molecular weight is 275 g/mol. The molecule has 0 aromatic heterocycles. The van der Waals surface area contributed by atoms with Crippen molar-refractivity contribution in [2.45, 2.75) is 31.8 Å². The highest BCUT2D eigenvalue weighted by molar-refractivity contribution is 5.87. The molecule has 106 valence electrons. The second kappa shape index (κ2) is 4.29. The van der Waals surface area contributed by atoms with Gasteiger partial charge in [0.2, 0.25) is 0 Å². The number of carbonyl (C=O) groups is 1. The largest absolute Gasteiger partial charge is 0.478 e. The van der Waals surface area contributed by atoms with Crippen molar-refractivity contribution in [3.05, 3.63) is 35.1 Å². The summed E-state index contributed by atoms with van der Waals surface area (Å²) in [6, 6.07) is 5.00. The number of benzene rings is 1. The molecular formula is C16H18FNO2. The lowest BCUT2D eigenvalue weighted by Crippen LogP contribution is -2.22. The summed E-state index contributed by atoms with van der Waals surface area (Å²) < 4.78 is 13.6. The van der Waals surface area contributed by atoms with Gasteiger partial charge < -0.3 is 10.4 Å². The Labute approximate surface area is 117 Å². The quantitative estimate of drug-likeness (QED) is 0.888. The van der Waals surface area contributed by atoms with Gasteiger partial charge in [0.1, 0.15) is 5.82 Å². The van der Waals surface area contributed by atoms with Crippen molar-refractivity contribution in [3.8, 4) is 0 Å². The van der Waals surface area contributed by atoms with Gasteiger partial charge in [-0.2, -0.15) is 0 Å². The first kappa shape index (κ1) is 12.3. The van der Waals surface area contributed by atoms with Crippen molar-refractivity contribution in [2.24, 2.45) is 23.7 Å². The lowest BCUT2D eigenvalue weighted by atomic mass is 10.0. The molecule has 0 saturated heterocycles. The normalized spacial score (nSPS) is 37.0. The van der Waals surface area contributed by atoms with Crippen molar-refractivity contribution < 1.29 is 14.3 Å². The van der Waals surface area contributed by atoms with E-state index in [2.05, 4.69) is 5.32 Å². The molecule has 1 aromatic rings. The maximum atomic E-state index is 13.6. The van der Waals surface area contributed by atoms with Crippen LogP contribution >= 0.6 is 0 Å². The van der Waals surface area contributed by atoms with E-state index in [0.29, 0.717) is 12.6 Å². The molecule has 3 fully saturated rings. The van der Waals surface area contributed by atoms with E-state index in [-0.39, 0.29) is 5.56 Å². The first-order valence-corrected chi connectivity index (χ1v) is 7.40. The fourth-order valence-electron chi connectivity index (χ4n) is 4.68. The van der Waals surface area contributed by atoms with Crippen LogP contribution in [0.2, 0.25) is 0 Å². The average Bonchev–Trinajstić information content (AvgIpc) is 2.79. The Balaban J connectivity index is 1.39. The van der Waals surface area contributed by atoms with E-state index in [0.717, 1.165) is 29.2 Å². The predicted octanol–water partition coefficient (Wildman–Crippen LogP) is 2.66. The van der Waals surface area contributed by atoms with Gasteiger partial charge in [0, 0.05) is 12.6 Å². The Morgan fingerprint density at radius 1 is 1.30 bits per heavy atom. The van der Waals surface area contributed by atoms with Gasteiger partial charge in [-0.3, -0.25) is 0 Å². The van der Waals surface area contributed by atoms with E-state index in [1.807, 2.05) is 0 Å². The van der Waals surface area contributed by atoms with E-state index in [4.69, 9.17) is 5.11 Å². The maximum absolute atomic E-state index is 13.6. The third-order valence-corrected chi connectivity index (χ3v) is 5.54. The Morgan fingerprint density at radius 2 is 2.00 bits per heavy atom. The number of aromatic carboxylic acids is 1. The highest BCUT2D eigenvalue weighted by Crippen LogP contribution is 2.65. The molecular weight excluding hydrogens is 257 g/mol. The van der Waals surface area contributed by atoms with Crippen molar-refractivity contribution in [1.29, 1.82) is 0 Å². The van der Waals surface area contributed by atoms with Crippen molar-refractivity contribution in [3.63, 3.8) is 0 Å². The monoisotopic (exact) mass is 275 g/mol. The molecule has 0 spiro atoms. The number of rotatable bonds is 4. The van der Waals surface area contributed by atoms with Crippen LogP contribution in [0.25, 0.3) is 0 Å². The molecule has 4 unspecified atom stereocenters. The minimum atomic E-state index is -1.21. The van der Waals surface area contributed by atoms with Gasteiger partial charge in [-0.1, -0.05) is 6.07 Å². The van der Waals surface area contributed by atoms with Crippen molar-refractivity contribution in [2.75, 3.05) is 0 Å². The molecule has 20 heavy (non-hydrogen) atoms. The highest BCUT2D eigenvalue weighted by atomic mass is 19.1. The Bertz CT molecular complexity index is 558. The minimum absolute atomic E-state index is 0.255. The fraction of sp³-hybridized carbons (Fsp3) is 0.562. The zero-order valence-corrected chi connectivity index (χ0v) is 11.2. The molecule has 4 heteroatoms. The first-order chi connectivity index (χ1) is 9.65. The Hall–Kier alpha value is -1.42. The highest BCUT2D eigenvalue weighted by Gasteiger charge is 2.64. The number of carboxylic acids is 1. The number of nitrogens with one attached hydrogen (secondary N) is 1. The maximum Gasteiger partial charge on any atom is 0.338 e. The number of carboxylic acid groups (broad SMARTS) is 1. The van der Waals surface area contributed by atoms with Crippen LogP contribution in [0.3, 0.4) is 0 Å². The molecule has 4 rings (SSSR count). The summed E-state index contributed by atoms with van der Waals surface area (Å²) in [4.78, 5) is 10.8. The van der Waals surface area contributed by atoms with Crippen molar-refractivity contribution >= 4 is 5.97 Å². The van der Waals surface area contributed by atoms with Crippen LogP contribution in [0.4, 0.5) is 4.39 Å². The summed E-state index contributed by atoms with van der Waals surface area (Å²) >= 11 is 0. The Kier molecular flexibility index (Phi) is 2.64. The standard InChI is InChI=1S/C16H18FNO2/c17-12-5-8(1-4-11(12)16(19)20)7-18-15-13-9-2-3-10(6-9)14(13)15/h1,4-5,9-10,13-15,18H,2-3,6-7H2,(H,19,20). The van der Waals surface area contributed by atoms with Gasteiger partial charge in [-0.25, -0.2) is 9.18 Å². The van der Waals surface area contributed by atoms with Crippen LogP contribution in [0.5, 0.6) is 0 Å². The summed E-state index contributed by atoms with van der Waals surface area (Å²) in [6.45, 7) is 0.633. The molecule has 3 saturated carbocycles. The minimum Gasteiger partial charge on any atom is -0.478 e. The summed E-state index contributed by atoms with van der Waals surface area (Å²) in [5.41, 5.74) is 0.569. The van der Waals surface area contributed by atoms with Crippen LogP contribution in [0, 0.1) is 29.5 Å². The molecule has 0 amide bonds. The summed E-state index contributed by atoms with van der Waals surface area (Å²) in [6.07, 6.45) is 4.22. The molecule has 1 aromatic carbocycles. The third-order valence-electron chi connectivity index (χ3n) is 5.54. The predicted molar refractivity (Wildman–Crippen MR) is 71.8 cm³/mol. The molecule has 3 aliphatic carbocycles. The molecule has 3 aliphatic rings. The zero-order chi connectivity index (χ0) is 13.9. The van der Waals surface area contributed by atoms with Crippen LogP contribution < -0.4 is 5.32 Å². The first-order valence-electron chi connectivity index (χ1n) is 7.40. The molecule has 0 heterocycles. The van der Waals surface area contributed by atoms with E-state index in [9.17, 15) is 9.18 Å². The van der Waals surface area contributed by atoms with E-state index in [1.54, 1.807) is 6.07 Å². The number of hydrogen-bond donors (Lipinski definition) is 2. The van der Waals surface area contributed by atoms with Crippen LogP contribution in [-0.2, 0) is 6.54 Å². The fourth-order valence-corrected chi connectivity index (χ4v) is 4.68. The number of fused-ring (bicyclic) bond motifs is 5. The summed E-state index contributed by atoms with van der Waals surface area (Å²) in [5, 5.41) is 12.3. The third kappa shape index (κ3) is 1.78. The summed E-state index contributed by atoms with van der Waals surface area (Å²) in [7, 11) is 0. The Morgan fingerprint density at radius 3 is 2.60 bits per heavy atom. The molecule has 4 atom stereocenters. The molecule has 0 aliphatic heterocycles. The van der Waals surface area contributed by atoms with E-state index < -0.39 is 11.8 Å². The summed E-state index contributed by atoms with van der Waals surface area (Å²) in [5.74, 6) is 1.71. The van der Waals surface area contributed by atoms with Gasteiger partial charge in [-0.05, 0) is 60.6 Å². The van der Waals surface area contributed by atoms with Crippen LogP contribution in [-0.4, -0.2) is 17.1 Å². The van der Waals surface area contributed by atoms with Gasteiger partial charge >= 0.3 is 5.97 Å². The number of hydrogen-bond acceptors (Lipinski definition) is 2. The second-order valence-corrected chi connectivity index (χ2v) is 6.51.